The third kappa shape index (κ3) is 7.19. The predicted molar refractivity (Wildman–Crippen MR) is 153 cm³/mol. The van der Waals surface area contributed by atoms with Crippen LogP contribution in [0.4, 0.5) is 4.39 Å². The zero-order chi connectivity index (χ0) is 30.2. The maximum absolute atomic E-state index is 16.0. The van der Waals surface area contributed by atoms with E-state index in [0.717, 1.165) is 0 Å². The minimum atomic E-state index is -3.48. The van der Waals surface area contributed by atoms with E-state index in [9.17, 15) is 14.7 Å². The van der Waals surface area contributed by atoms with Gasteiger partial charge < -0.3 is 28.6 Å². The molecule has 1 aliphatic rings. The molecule has 4 rings (SSSR count). The molecule has 1 aliphatic heterocycles. The van der Waals surface area contributed by atoms with Gasteiger partial charge in [-0.15, -0.1) is 0 Å². The van der Waals surface area contributed by atoms with E-state index in [1.54, 1.807) is 44.2 Å². The molecule has 2 aromatic heterocycles. The van der Waals surface area contributed by atoms with Crippen LogP contribution in [0.3, 0.4) is 0 Å². The summed E-state index contributed by atoms with van der Waals surface area (Å²) >= 11 is 5.72. The fourth-order valence-electron chi connectivity index (χ4n) is 4.14. The van der Waals surface area contributed by atoms with Crippen LogP contribution in [0.5, 0.6) is 5.75 Å². The van der Waals surface area contributed by atoms with E-state index < -0.39 is 48.3 Å². The SMILES string of the molecule is Cc1nc2c(ncn2[C@@H]2O[C@H](COP(=S)(N[C@@H](C)C(=O)OCC(C)(C)C)Oc3ccccc3)[C@@H](O)[C@@]2(C)F)c(=O)[nH]1. The van der Waals surface area contributed by atoms with Crippen LogP contribution in [0.25, 0.3) is 11.2 Å². The normalized spacial score (nSPS) is 25.1. The summed E-state index contributed by atoms with van der Waals surface area (Å²) in [5.74, 6) is 0.146. The summed E-state index contributed by atoms with van der Waals surface area (Å²) in [7, 11) is 0. The number of imidazole rings is 1. The summed E-state index contributed by atoms with van der Waals surface area (Å²) in [6, 6.07) is 7.73. The quantitative estimate of drug-likeness (QED) is 0.229. The average Bonchev–Trinajstić information content (AvgIpc) is 3.39. The number of fused-ring (bicyclic) bond motifs is 1. The number of nitrogens with zero attached hydrogens (tertiary/aromatic N) is 3. The molecule has 3 aromatic rings. The number of aromatic nitrogens is 4. The van der Waals surface area contributed by atoms with Gasteiger partial charge in [-0.1, -0.05) is 39.0 Å². The fraction of sp³-hybridized carbons (Fsp3) is 0.538. The van der Waals surface area contributed by atoms with Crippen LogP contribution >= 0.6 is 6.64 Å². The lowest BCUT2D eigenvalue weighted by Gasteiger charge is -2.28. The first-order valence-electron chi connectivity index (χ1n) is 13.0. The van der Waals surface area contributed by atoms with Crippen LogP contribution in [0, 0.1) is 12.3 Å². The monoisotopic (exact) mass is 611 g/mol. The number of hydrogen-bond acceptors (Lipinski definition) is 10. The Morgan fingerprint density at radius 1 is 1.37 bits per heavy atom. The number of rotatable bonds is 10. The van der Waals surface area contributed by atoms with E-state index in [1.807, 2.05) is 20.8 Å². The van der Waals surface area contributed by atoms with E-state index in [-0.39, 0.29) is 29.8 Å². The molecule has 15 heteroatoms. The number of aliphatic hydroxyl groups is 1. The molecule has 1 unspecified atom stereocenters. The number of aliphatic hydroxyl groups excluding tert-OH is 1. The van der Waals surface area contributed by atoms with Crippen molar-refractivity contribution < 1.29 is 32.8 Å². The Bertz CT molecular complexity index is 1490. The van der Waals surface area contributed by atoms with Gasteiger partial charge in [0.15, 0.2) is 23.1 Å². The summed E-state index contributed by atoms with van der Waals surface area (Å²) in [5, 5.41) is 13.8. The van der Waals surface area contributed by atoms with Crippen molar-refractivity contribution in [2.45, 2.75) is 71.7 Å². The van der Waals surface area contributed by atoms with E-state index >= 15 is 4.39 Å². The molecule has 6 atom stereocenters. The van der Waals surface area contributed by atoms with E-state index in [4.69, 9.17) is 30.3 Å². The minimum absolute atomic E-state index is 0.00693. The largest absolute Gasteiger partial charge is 0.464 e. The third-order valence-electron chi connectivity index (χ3n) is 6.25. The van der Waals surface area contributed by atoms with Gasteiger partial charge in [-0.2, -0.15) is 0 Å². The molecule has 3 N–H and O–H groups in total. The lowest BCUT2D eigenvalue weighted by Crippen LogP contribution is -2.41. The highest BCUT2D eigenvalue weighted by Crippen LogP contribution is 2.48. The number of carbonyl (C=O) groups is 1. The van der Waals surface area contributed by atoms with E-state index in [2.05, 4.69) is 20.0 Å². The number of aryl methyl sites for hydroxylation is 1. The highest BCUT2D eigenvalue weighted by molar-refractivity contribution is 8.09. The molecule has 0 bridgehead atoms. The third-order valence-corrected chi connectivity index (χ3v) is 8.75. The second kappa shape index (κ2) is 11.9. The molecule has 3 heterocycles. The molecule has 224 valence electrons. The predicted octanol–water partition coefficient (Wildman–Crippen LogP) is 3.30. The molecular weight excluding hydrogens is 576 g/mol. The van der Waals surface area contributed by atoms with Crippen molar-refractivity contribution in [2.75, 3.05) is 13.2 Å². The molecule has 0 aliphatic carbocycles. The number of halogens is 1. The van der Waals surface area contributed by atoms with Gasteiger partial charge >= 0.3 is 12.6 Å². The van der Waals surface area contributed by atoms with Crippen LogP contribution < -0.4 is 15.2 Å². The van der Waals surface area contributed by atoms with Crippen molar-refractivity contribution in [2.24, 2.45) is 5.41 Å². The standard InChI is InChI=1S/C26H35FN5O7PS/c1-15(23(35)36-13-25(3,4)5)31-40(41,39-17-10-8-7-9-11-17)37-12-18-20(33)26(6,27)24(38-18)32-14-28-19-21(32)29-16(2)30-22(19)34/h7-11,14-15,18,20,24,33H,12-13H2,1-6H3,(H,31,41)(H,29,30,34)/t15-,18+,20+,24+,26+,40?/m0/s1. The topological polar surface area (TPSA) is 150 Å². The van der Waals surface area contributed by atoms with Gasteiger partial charge in [0.1, 0.15) is 29.8 Å². The number of carbonyl (C=O) groups excluding carboxylic acids is 1. The number of nitrogens with one attached hydrogen (secondary N) is 2. The second-order valence-electron chi connectivity index (χ2n) is 11.3. The smallest absolute Gasteiger partial charge is 0.323 e. The molecule has 0 amide bonds. The summed E-state index contributed by atoms with van der Waals surface area (Å²) in [4.78, 5) is 35.8. The Balaban J connectivity index is 1.53. The maximum atomic E-state index is 16.0. The summed E-state index contributed by atoms with van der Waals surface area (Å²) in [6.45, 7) is 6.48. The van der Waals surface area contributed by atoms with Crippen molar-refractivity contribution in [3.05, 3.63) is 52.8 Å². The molecule has 12 nitrogen and oxygen atoms in total. The summed E-state index contributed by atoms with van der Waals surface area (Å²) in [6.07, 6.45) is -2.98. The summed E-state index contributed by atoms with van der Waals surface area (Å²) < 4.78 is 40.5. The van der Waals surface area contributed by atoms with Gasteiger partial charge in [0.05, 0.1) is 19.5 Å². The van der Waals surface area contributed by atoms with Crippen LogP contribution in [0.2, 0.25) is 0 Å². The minimum Gasteiger partial charge on any atom is -0.464 e. The number of H-pyrrole nitrogens is 1. The van der Waals surface area contributed by atoms with Crippen molar-refractivity contribution in [1.29, 1.82) is 0 Å². The lowest BCUT2D eigenvalue weighted by molar-refractivity contribution is -0.148. The van der Waals surface area contributed by atoms with E-state index in [1.165, 1.54) is 17.8 Å². The first-order valence-corrected chi connectivity index (χ1v) is 15.6. The molecule has 1 aromatic carbocycles. The maximum Gasteiger partial charge on any atom is 0.323 e. The first-order chi connectivity index (χ1) is 19.1. The highest BCUT2D eigenvalue weighted by Gasteiger charge is 2.55. The zero-order valence-corrected chi connectivity index (χ0v) is 25.4. The van der Waals surface area contributed by atoms with Crippen molar-refractivity contribution in [3.63, 3.8) is 0 Å². The molecule has 0 radical (unpaired) electrons. The molecular formula is C26H35FN5O7PS. The van der Waals surface area contributed by atoms with Crippen molar-refractivity contribution in [3.8, 4) is 5.75 Å². The zero-order valence-electron chi connectivity index (χ0n) is 23.7. The van der Waals surface area contributed by atoms with Gasteiger partial charge in [-0.25, -0.2) is 19.4 Å². The number of aromatic amines is 1. The van der Waals surface area contributed by atoms with Gasteiger partial charge in [0.2, 0.25) is 0 Å². The second-order valence-corrected chi connectivity index (χ2v) is 14.5. The lowest BCUT2D eigenvalue weighted by atomic mass is 9.98. The van der Waals surface area contributed by atoms with Gasteiger partial charge in [0, 0.05) is 0 Å². The van der Waals surface area contributed by atoms with Crippen LogP contribution in [-0.2, 0) is 30.6 Å². The Morgan fingerprint density at radius 3 is 2.71 bits per heavy atom. The number of para-hydroxylation sites is 1. The van der Waals surface area contributed by atoms with Gasteiger partial charge in [-0.05, 0) is 50.1 Å². The van der Waals surface area contributed by atoms with Crippen LogP contribution in [0.15, 0.2) is 41.5 Å². The molecule has 1 fully saturated rings. The van der Waals surface area contributed by atoms with Gasteiger partial charge in [-0.3, -0.25) is 14.2 Å². The van der Waals surface area contributed by atoms with E-state index in [0.29, 0.717) is 11.6 Å². The average molecular weight is 612 g/mol. The Kier molecular flexibility index (Phi) is 9.03. The highest BCUT2D eigenvalue weighted by atomic mass is 32.5. The van der Waals surface area contributed by atoms with Crippen molar-refractivity contribution >= 4 is 35.6 Å². The molecule has 41 heavy (non-hydrogen) atoms. The Labute approximate surface area is 241 Å². The number of hydrogen-bond donors (Lipinski definition) is 3. The molecule has 0 spiro atoms. The van der Waals surface area contributed by atoms with Gasteiger partial charge in [0.25, 0.3) is 5.56 Å². The Hall–Kier alpha value is -2.74. The fourth-order valence-corrected chi connectivity index (χ4v) is 6.56. The summed E-state index contributed by atoms with van der Waals surface area (Å²) in [5.41, 5.74) is -2.92. The molecule has 1 saturated heterocycles. The molecule has 0 saturated carbocycles. The van der Waals surface area contributed by atoms with Crippen LogP contribution in [0.1, 0.15) is 46.7 Å². The van der Waals surface area contributed by atoms with Crippen molar-refractivity contribution in [1.82, 2.24) is 24.6 Å². The Morgan fingerprint density at radius 2 is 2.05 bits per heavy atom. The van der Waals surface area contributed by atoms with Crippen LogP contribution in [-0.4, -0.2) is 67.7 Å². The number of ether oxygens (including phenoxy) is 2. The number of benzene rings is 1. The first kappa shape index (κ1) is 31.2. The number of esters is 1. The number of alkyl halides is 1.